The van der Waals surface area contributed by atoms with Crippen molar-refractivity contribution in [3.05, 3.63) is 47.5 Å². The summed E-state index contributed by atoms with van der Waals surface area (Å²) >= 11 is 0. The number of hydrogen-bond donors (Lipinski definition) is 1. The van der Waals surface area contributed by atoms with E-state index < -0.39 is 0 Å². The van der Waals surface area contributed by atoms with Crippen LogP contribution in [0.1, 0.15) is 44.8 Å². The van der Waals surface area contributed by atoms with Crippen LogP contribution in [0.25, 0.3) is 0 Å². The lowest BCUT2D eigenvalue weighted by molar-refractivity contribution is -0.117. The molecule has 6 heteroatoms. The van der Waals surface area contributed by atoms with Gasteiger partial charge in [-0.05, 0) is 57.0 Å². The summed E-state index contributed by atoms with van der Waals surface area (Å²) in [5.74, 6) is 0.879. The first-order chi connectivity index (χ1) is 13.5. The van der Waals surface area contributed by atoms with Crippen molar-refractivity contribution in [3.8, 4) is 0 Å². The summed E-state index contributed by atoms with van der Waals surface area (Å²) in [6, 6.07) is 8.54. The molecular weight excluding hydrogens is 350 g/mol. The minimum atomic E-state index is 0.0113. The Bertz CT molecular complexity index is 803. The van der Waals surface area contributed by atoms with Crippen LogP contribution in [0.5, 0.6) is 0 Å². The average Bonchev–Trinajstić information content (AvgIpc) is 2.69. The molecule has 1 aliphatic heterocycles. The summed E-state index contributed by atoms with van der Waals surface area (Å²) in [5.41, 5.74) is 4.27. The lowest BCUT2D eigenvalue weighted by Gasteiger charge is -2.28. The molecule has 1 aromatic carbocycles. The summed E-state index contributed by atoms with van der Waals surface area (Å²) in [7, 11) is 0. The molecule has 0 aliphatic carbocycles. The van der Waals surface area contributed by atoms with Gasteiger partial charge in [0.25, 0.3) is 0 Å². The molecule has 0 radical (unpaired) electrons. The Morgan fingerprint density at radius 1 is 1.25 bits per heavy atom. The number of fused-ring (bicyclic) bond motifs is 1. The van der Waals surface area contributed by atoms with Crippen molar-refractivity contribution in [2.45, 2.75) is 53.1 Å². The number of carbonyl (C=O) groups is 1. The molecule has 0 bridgehead atoms. The van der Waals surface area contributed by atoms with E-state index in [1.807, 2.05) is 18.3 Å². The first-order valence-electron chi connectivity index (χ1n) is 10.2. The molecule has 6 nitrogen and oxygen atoms in total. The van der Waals surface area contributed by atoms with Gasteiger partial charge in [0, 0.05) is 49.7 Å². The zero-order valence-corrected chi connectivity index (χ0v) is 17.4. The zero-order valence-electron chi connectivity index (χ0n) is 17.4. The van der Waals surface area contributed by atoms with Crippen molar-refractivity contribution >= 4 is 17.3 Å². The minimum Gasteiger partial charge on any atom is -0.369 e. The number of aromatic nitrogens is 2. The zero-order chi connectivity index (χ0) is 20.1. The van der Waals surface area contributed by atoms with E-state index in [1.54, 1.807) is 0 Å². The molecule has 0 unspecified atom stereocenters. The maximum atomic E-state index is 12.5. The largest absolute Gasteiger partial charge is 0.369 e. The molecule has 0 saturated heterocycles. The molecule has 150 valence electrons. The van der Waals surface area contributed by atoms with E-state index in [2.05, 4.69) is 64.9 Å². The van der Waals surface area contributed by atoms with Gasteiger partial charge in [-0.25, -0.2) is 9.97 Å². The minimum absolute atomic E-state index is 0.0113. The van der Waals surface area contributed by atoms with E-state index in [0.717, 1.165) is 43.1 Å². The van der Waals surface area contributed by atoms with Gasteiger partial charge in [0.15, 0.2) is 0 Å². The number of benzene rings is 1. The highest BCUT2D eigenvalue weighted by molar-refractivity contribution is 5.92. The number of nitrogens with zero attached hydrogens (tertiary/aromatic N) is 4. The Morgan fingerprint density at radius 2 is 2.00 bits per heavy atom. The highest BCUT2D eigenvalue weighted by Gasteiger charge is 2.20. The lowest BCUT2D eigenvalue weighted by Crippen LogP contribution is -2.37. The van der Waals surface area contributed by atoms with Gasteiger partial charge in [-0.1, -0.05) is 6.92 Å². The van der Waals surface area contributed by atoms with E-state index in [1.165, 1.54) is 11.3 Å². The molecule has 2 aromatic rings. The topological polar surface area (TPSA) is 61.4 Å². The van der Waals surface area contributed by atoms with Crippen molar-refractivity contribution < 1.29 is 4.79 Å². The van der Waals surface area contributed by atoms with Crippen LogP contribution in [0.15, 0.2) is 30.5 Å². The molecule has 0 fully saturated rings. The molecule has 0 saturated carbocycles. The predicted molar refractivity (Wildman–Crippen MR) is 114 cm³/mol. The van der Waals surface area contributed by atoms with Crippen molar-refractivity contribution in [2.24, 2.45) is 0 Å². The molecule has 0 atom stereocenters. The Labute approximate surface area is 168 Å². The van der Waals surface area contributed by atoms with Crippen molar-refractivity contribution in [3.63, 3.8) is 0 Å². The number of carbonyl (C=O) groups excluding carboxylic acids is 1. The normalized spacial score (nSPS) is 14.0. The van der Waals surface area contributed by atoms with Gasteiger partial charge in [0.2, 0.25) is 5.91 Å². The van der Waals surface area contributed by atoms with E-state index in [0.29, 0.717) is 19.1 Å². The Kier molecular flexibility index (Phi) is 6.62. The van der Waals surface area contributed by atoms with Crippen molar-refractivity contribution in [2.75, 3.05) is 29.9 Å². The highest BCUT2D eigenvalue weighted by Crippen LogP contribution is 2.20. The van der Waals surface area contributed by atoms with Crippen LogP contribution in [0.3, 0.4) is 0 Å². The number of anilines is 2. The summed E-state index contributed by atoms with van der Waals surface area (Å²) in [5, 5.41) is 3.02. The fourth-order valence-corrected chi connectivity index (χ4v) is 3.69. The predicted octanol–water partition coefficient (Wildman–Crippen LogP) is 3.27. The molecule has 1 amide bonds. The summed E-state index contributed by atoms with van der Waals surface area (Å²) < 4.78 is 0. The fraction of sp³-hybridized carbons (Fsp3) is 0.500. The third kappa shape index (κ3) is 4.87. The van der Waals surface area contributed by atoms with Crippen LogP contribution in [0, 0.1) is 0 Å². The van der Waals surface area contributed by atoms with Gasteiger partial charge in [0.05, 0.1) is 12.2 Å². The van der Waals surface area contributed by atoms with Crippen molar-refractivity contribution in [1.29, 1.82) is 0 Å². The molecular formula is C22H31N5O. The van der Waals surface area contributed by atoms with E-state index >= 15 is 0 Å². The van der Waals surface area contributed by atoms with Gasteiger partial charge in [-0.3, -0.25) is 9.69 Å². The highest BCUT2D eigenvalue weighted by atomic mass is 16.2. The second-order valence-electron chi connectivity index (χ2n) is 7.55. The number of rotatable bonds is 7. The Morgan fingerprint density at radius 3 is 2.64 bits per heavy atom. The van der Waals surface area contributed by atoms with Gasteiger partial charge in [-0.15, -0.1) is 0 Å². The van der Waals surface area contributed by atoms with Crippen LogP contribution in [0.4, 0.5) is 11.4 Å². The van der Waals surface area contributed by atoms with E-state index in [4.69, 9.17) is 0 Å². The quantitative estimate of drug-likeness (QED) is 0.798. The average molecular weight is 382 g/mol. The van der Waals surface area contributed by atoms with Crippen LogP contribution >= 0.6 is 0 Å². The smallest absolute Gasteiger partial charge is 0.238 e. The molecule has 28 heavy (non-hydrogen) atoms. The van der Waals surface area contributed by atoms with Gasteiger partial charge < -0.3 is 10.2 Å². The second-order valence-corrected chi connectivity index (χ2v) is 7.55. The standard InChI is InChI=1S/C22H31N5O/c1-5-21-23-13-17-11-12-26(14-20(17)25-21)15-22(28)24-18-7-9-19(10-8-18)27(6-2)16(3)4/h7-10,13,16H,5-6,11-12,14-15H2,1-4H3,(H,24,28). The second kappa shape index (κ2) is 9.15. The third-order valence-electron chi connectivity index (χ3n) is 5.21. The SMILES string of the molecule is CCc1ncc2c(n1)CN(CC(=O)Nc1ccc(N(CC)C(C)C)cc1)CC2. The van der Waals surface area contributed by atoms with Crippen LogP contribution in [-0.4, -0.2) is 46.5 Å². The maximum absolute atomic E-state index is 12.5. The van der Waals surface area contributed by atoms with E-state index in [9.17, 15) is 4.79 Å². The molecule has 3 rings (SSSR count). The summed E-state index contributed by atoms with van der Waals surface area (Å²) in [6.45, 7) is 11.5. The maximum Gasteiger partial charge on any atom is 0.238 e. The first kappa shape index (κ1) is 20.3. The Hall–Kier alpha value is -2.47. The van der Waals surface area contributed by atoms with Gasteiger partial charge >= 0.3 is 0 Å². The van der Waals surface area contributed by atoms with E-state index in [-0.39, 0.29) is 5.91 Å². The number of aryl methyl sites for hydroxylation is 1. The summed E-state index contributed by atoms with van der Waals surface area (Å²) in [4.78, 5) is 26.0. The van der Waals surface area contributed by atoms with Gasteiger partial charge in [-0.2, -0.15) is 0 Å². The number of hydrogen-bond acceptors (Lipinski definition) is 5. The Balaban J connectivity index is 1.57. The first-order valence-corrected chi connectivity index (χ1v) is 10.2. The van der Waals surface area contributed by atoms with Crippen LogP contribution in [-0.2, 0) is 24.2 Å². The number of amides is 1. The van der Waals surface area contributed by atoms with Crippen LogP contribution in [0.2, 0.25) is 0 Å². The lowest BCUT2D eigenvalue weighted by atomic mass is 10.1. The molecule has 0 spiro atoms. The van der Waals surface area contributed by atoms with Crippen molar-refractivity contribution in [1.82, 2.24) is 14.9 Å². The van der Waals surface area contributed by atoms with Gasteiger partial charge in [0.1, 0.15) is 5.82 Å². The van der Waals surface area contributed by atoms with Crippen LogP contribution < -0.4 is 10.2 Å². The monoisotopic (exact) mass is 381 g/mol. The summed E-state index contributed by atoms with van der Waals surface area (Å²) in [6.07, 6.45) is 3.66. The fourth-order valence-electron chi connectivity index (χ4n) is 3.69. The molecule has 1 N–H and O–H groups in total. The number of nitrogens with one attached hydrogen (secondary N) is 1. The molecule has 1 aromatic heterocycles. The molecule has 1 aliphatic rings. The molecule has 2 heterocycles. The third-order valence-corrected chi connectivity index (χ3v) is 5.21.